The van der Waals surface area contributed by atoms with Crippen molar-refractivity contribution in [3.63, 3.8) is 0 Å². The molecule has 0 aliphatic rings. The highest BCUT2D eigenvalue weighted by molar-refractivity contribution is 5.85. The molecule has 92 valence electrons. The third kappa shape index (κ3) is 3.86. The summed E-state index contributed by atoms with van der Waals surface area (Å²) in [6.07, 6.45) is 2.64. The lowest BCUT2D eigenvalue weighted by molar-refractivity contribution is 0.0586. The Bertz CT molecular complexity index is 418. The van der Waals surface area contributed by atoms with Gasteiger partial charge in [0.25, 0.3) is 0 Å². The SMILES string of the molecule is C=CCC(C)Nc1cc(C)nc(C(=O)OC)n1. The van der Waals surface area contributed by atoms with Gasteiger partial charge in [0.1, 0.15) is 5.82 Å². The van der Waals surface area contributed by atoms with Gasteiger partial charge in [0.2, 0.25) is 5.82 Å². The van der Waals surface area contributed by atoms with Crippen molar-refractivity contribution < 1.29 is 9.53 Å². The lowest BCUT2D eigenvalue weighted by Gasteiger charge is -2.13. The quantitative estimate of drug-likeness (QED) is 0.624. The van der Waals surface area contributed by atoms with Crippen LogP contribution in [-0.2, 0) is 4.74 Å². The fourth-order valence-electron chi connectivity index (χ4n) is 1.39. The average Bonchev–Trinajstić information content (AvgIpc) is 2.27. The molecule has 0 aliphatic heterocycles. The number of hydrogen-bond donors (Lipinski definition) is 1. The van der Waals surface area contributed by atoms with Gasteiger partial charge in [-0.3, -0.25) is 0 Å². The molecule has 17 heavy (non-hydrogen) atoms. The molecule has 0 fully saturated rings. The first-order valence-electron chi connectivity index (χ1n) is 5.38. The molecular formula is C12H17N3O2. The molecule has 1 aromatic rings. The van der Waals surface area contributed by atoms with Gasteiger partial charge in [0.05, 0.1) is 7.11 Å². The third-order valence-electron chi connectivity index (χ3n) is 2.14. The van der Waals surface area contributed by atoms with Crippen molar-refractivity contribution >= 4 is 11.8 Å². The largest absolute Gasteiger partial charge is 0.463 e. The minimum atomic E-state index is -0.534. The normalized spacial score (nSPS) is 11.7. The number of aryl methyl sites for hydroxylation is 1. The van der Waals surface area contributed by atoms with E-state index in [9.17, 15) is 4.79 Å². The van der Waals surface area contributed by atoms with Gasteiger partial charge in [-0.1, -0.05) is 6.08 Å². The van der Waals surface area contributed by atoms with Crippen LogP contribution >= 0.6 is 0 Å². The van der Waals surface area contributed by atoms with E-state index in [1.54, 1.807) is 13.0 Å². The lowest BCUT2D eigenvalue weighted by atomic mass is 10.2. The highest BCUT2D eigenvalue weighted by Crippen LogP contribution is 2.09. The van der Waals surface area contributed by atoms with Crippen LogP contribution in [0.5, 0.6) is 0 Å². The highest BCUT2D eigenvalue weighted by atomic mass is 16.5. The molecule has 0 amide bonds. The van der Waals surface area contributed by atoms with Gasteiger partial charge in [-0.25, -0.2) is 14.8 Å². The second-order valence-corrected chi connectivity index (χ2v) is 3.78. The highest BCUT2D eigenvalue weighted by Gasteiger charge is 2.12. The Morgan fingerprint density at radius 1 is 1.65 bits per heavy atom. The zero-order valence-electron chi connectivity index (χ0n) is 10.4. The van der Waals surface area contributed by atoms with Gasteiger partial charge < -0.3 is 10.1 Å². The number of ether oxygens (including phenoxy) is 1. The molecule has 1 rings (SSSR count). The number of carbonyl (C=O) groups excluding carboxylic acids is 1. The molecular weight excluding hydrogens is 218 g/mol. The predicted octanol–water partition coefficient (Wildman–Crippen LogP) is 1.95. The van der Waals surface area contributed by atoms with Gasteiger partial charge in [-0.05, 0) is 20.3 Å². The van der Waals surface area contributed by atoms with E-state index in [1.807, 2.05) is 13.0 Å². The minimum absolute atomic E-state index is 0.0702. The number of methoxy groups -OCH3 is 1. The molecule has 0 aliphatic carbocycles. The van der Waals surface area contributed by atoms with Crippen molar-refractivity contribution in [1.82, 2.24) is 9.97 Å². The number of anilines is 1. The van der Waals surface area contributed by atoms with E-state index < -0.39 is 5.97 Å². The third-order valence-corrected chi connectivity index (χ3v) is 2.14. The maximum absolute atomic E-state index is 11.3. The molecule has 0 saturated heterocycles. The summed E-state index contributed by atoms with van der Waals surface area (Å²) in [5.41, 5.74) is 0.716. The fourth-order valence-corrected chi connectivity index (χ4v) is 1.39. The number of rotatable bonds is 5. The summed E-state index contributed by atoms with van der Waals surface area (Å²) in [7, 11) is 1.31. The number of hydrogen-bond acceptors (Lipinski definition) is 5. The van der Waals surface area contributed by atoms with E-state index in [1.165, 1.54) is 7.11 Å². The Morgan fingerprint density at radius 3 is 2.94 bits per heavy atom. The first-order chi connectivity index (χ1) is 8.06. The van der Waals surface area contributed by atoms with E-state index >= 15 is 0 Å². The van der Waals surface area contributed by atoms with Crippen LogP contribution < -0.4 is 5.32 Å². The Morgan fingerprint density at radius 2 is 2.35 bits per heavy atom. The van der Waals surface area contributed by atoms with Gasteiger partial charge >= 0.3 is 5.97 Å². The maximum Gasteiger partial charge on any atom is 0.376 e. The Hall–Kier alpha value is -1.91. The van der Waals surface area contributed by atoms with Crippen LogP contribution in [0.4, 0.5) is 5.82 Å². The molecule has 1 unspecified atom stereocenters. The summed E-state index contributed by atoms with van der Waals surface area (Å²) in [6, 6.07) is 1.98. The van der Waals surface area contributed by atoms with Crippen LogP contribution in [-0.4, -0.2) is 29.1 Å². The van der Waals surface area contributed by atoms with E-state index in [0.717, 1.165) is 6.42 Å². The van der Waals surface area contributed by atoms with Gasteiger partial charge in [-0.2, -0.15) is 0 Å². The molecule has 5 heteroatoms. The predicted molar refractivity (Wildman–Crippen MR) is 66.0 cm³/mol. The Kier molecular flexibility index (Phi) is 4.63. The van der Waals surface area contributed by atoms with Crippen molar-refractivity contribution in [2.75, 3.05) is 12.4 Å². The van der Waals surface area contributed by atoms with E-state index in [0.29, 0.717) is 11.5 Å². The number of aromatic nitrogens is 2. The number of esters is 1. The molecule has 1 N–H and O–H groups in total. The molecule has 5 nitrogen and oxygen atoms in total. The molecule has 0 bridgehead atoms. The van der Waals surface area contributed by atoms with Crippen LogP contribution in [0, 0.1) is 6.92 Å². The molecule has 1 heterocycles. The van der Waals surface area contributed by atoms with Gasteiger partial charge in [0, 0.05) is 17.8 Å². The van der Waals surface area contributed by atoms with E-state index in [4.69, 9.17) is 0 Å². The molecule has 1 atom stereocenters. The van der Waals surface area contributed by atoms with Crippen molar-refractivity contribution in [3.8, 4) is 0 Å². The summed E-state index contributed by atoms with van der Waals surface area (Å²) in [5.74, 6) is 0.154. The summed E-state index contributed by atoms with van der Waals surface area (Å²) in [5, 5.41) is 3.17. The van der Waals surface area contributed by atoms with Crippen LogP contribution in [0.15, 0.2) is 18.7 Å². The maximum atomic E-state index is 11.3. The Balaban J connectivity index is 2.89. The molecule has 0 radical (unpaired) electrons. The van der Waals surface area contributed by atoms with Crippen LogP contribution in [0.3, 0.4) is 0 Å². The topological polar surface area (TPSA) is 64.1 Å². The molecule has 0 aromatic carbocycles. The monoisotopic (exact) mass is 235 g/mol. The van der Waals surface area contributed by atoms with Crippen LogP contribution in [0.1, 0.15) is 29.7 Å². The standard InChI is InChI=1S/C12H17N3O2/c1-5-6-8(2)13-10-7-9(3)14-11(15-10)12(16)17-4/h5,7-8H,1,6H2,2-4H3,(H,13,14,15). The minimum Gasteiger partial charge on any atom is -0.463 e. The summed E-state index contributed by atoms with van der Waals surface area (Å²) in [6.45, 7) is 7.49. The van der Waals surface area contributed by atoms with Crippen LogP contribution in [0.2, 0.25) is 0 Å². The molecule has 1 aromatic heterocycles. The molecule has 0 saturated carbocycles. The second kappa shape index (κ2) is 5.98. The summed E-state index contributed by atoms with van der Waals surface area (Å²) >= 11 is 0. The Labute approximate surface area is 101 Å². The number of nitrogens with zero attached hydrogens (tertiary/aromatic N) is 2. The van der Waals surface area contributed by atoms with E-state index in [2.05, 4.69) is 26.6 Å². The first-order valence-corrected chi connectivity index (χ1v) is 5.38. The van der Waals surface area contributed by atoms with Crippen molar-refractivity contribution in [2.45, 2.75) is 26.3 Å². The number of nitrogens with one attached hydrogen (secondary N) is 1. The van der Waals surface area contributed by atoms with Crippen LogP contribution in [0.25, 0.3) is 0 Å². The fraction of sp³-hybridized carbons (Fsp3) is 0.417. The summed E-state index contributed by atoms with van der Waals surface area (Å²) < 4.78 is 4.59. The zero-order valence-corrected chi connectivity index (χ0v) is 10.4. The summed E-state index contributed by atoms with van der Waals surface area (Å²) in [4.78, 5) is 19.4. The van der Waals surface area contributed by atoms with E-state index in [-0.39, 0.29) is 11.9 Å². The number of carbonyl (C=O) groups is 1. The molecule has 0 spiro atoms. The van der Waals surface area contributed by atoms with Crippen molar-refractivity contribution in [3.05, 3.63) is 30.2 Å². The van der Waals surface area contributed by atoms with Gasteiger partial charge in [-0.15, -0.1) is 6.58 Å². The van der Waals surface area contributed by atoms with Crippen molar-refractivity contribution in [2.24, 2.45) is 0 Å². The van der Waals surface area contributed by atoms with Crippen molar-refractivity contribution in [1.29, 1.82) is 0 Å². The average molecular weight is 235 g/mol. The van der Waals surface area contributed by atoms with Gasteiger partial charge in [0.15, 0.2) is 0 Å². The second-order valence-electron chi connectivity index (χ2n) is 3.78. The zero-order chi connectivity index (χ0) is 12.8. The first kappa shape index (κ1) is 13.2. The smallest absolute Gasteiger partial charge is 0.376 e. The lowest BCUT2D eigenvalue weighted by Crippen LogP contribution is -2.17.